The SMILES string of the molecule is O=C1CCC(N2Cc3c(OCc4cn(C56CC7CC5CC(O)(C7)C6)nn4)cccc3C2=O)C(=O)N1. The van der Waals surface area contributed by atoms with E-state index in [0.717, 1.165) is 37.7 Å². The van der Waals surface area contributed by atoms with Gasteiger partial charge in [0.05, 0.1) is 23.9 Å². The third-order valence-corrected chi connectivity index (χ3v) is 8.86. The van der Waals surface area contributed by atoms with Crippen LogP contribution < -0.4 is 10.1 Å². The van der Waals surface area contributed by atoms with Crippen LogP contribution in [0.25, 0.3) is 0 Å². The van der Waals surface area contributed by atoms with Gasteiger partial charge in [-0.25, -0.2) is 4.68 Å². The van der Waals surface area contributed by atoms with Crippen LogP contribution in [-0.2, 0) is 28.3 Å². The topological polar surface area (TPSA) is 127 Å². The molecule has 0 radical (unpaired) electrons. The Morgan fingerprint density at radius 3 is 2.91 bits per heavy atom. The van der Waals surface area contributed by atoms with Crippen LogP contribution in [0.1, 0.15) is 66.6 Å². The van der Waals surface area contributed by atoms with Crippen LogP contribution in [-0.4, -0.2) is 54.4 Å². The zero-order chi connectivity index (χ0) is 23.9. The third-order valence-electron chi connectivity index (χ3n) is 8.86. The van der Waals surface area contributed by atoms with Crippen molar-refractivity contribution in [1.29, 1.82) is 0 Å². The Morgan fingerprint density at radius 2 is 2.09 bits per heavy atom. The average Bonchev–Trinajstić information content (AvgIpc) is 3.52. The number of carbonyl (C=O) groups is 3. The molecular weight excluding hydrogens is 450 g/mol. The minimum atomic E-state index is -0.661. The van der Waals surface area contributed by atoms with Gasteiger partial charge in [-0.05, 0) is 56.1 Å². The molecule has 4 saturated carbocycles. The number of fused-ring (bicyclic) bond motifs is 1. The van der Waals surface area contributed by atoms with E-state index in [9.17, 15) is 19.5 Å². The number of piperidine rings is 1. The molecule has 1 saturated heterocycles. The molecule has 3 heterocycles. The maximum Gasteiger partial charge on any atom is 0.255 e. The molecule has 2 aliphatic heterocycles. The van der Waals surface area contributed by atoms with Crippen molar-refractivity contribution in [2.75, 3.05) is 0 Å². The second-order valence-electron chi connectivity index (χ2n) is 11.0. The zero-order valence-corrected chi connectivity index (χ0v) is 19.3. The summed E-state index contributed by atoms with van der Waals surface area (Å²) in [6, 6.07) is 4.66. The normalized spacial score (nSPS) is 35.1. The number of benzene rings is 1. The summed E-state index contributed by atoms with van der Waals surface area (Å²) < 4.78 is 8.07. The first-order valence-electron chi connectivity index (χ1n) is 12.4. The van der Waals surface area contributed by atoms with Crippen LogP contribution in [0.5, 0.6) is 5.75 Å². The zero-order valence-electron chi connectivity index (χ0n) is 19.3. The quantitative estimate of drug-likeness (QED) is 0.621. The number of hydrogen-bond acceptors (Lipinski definition) is 7. The van der Waals surface area contributed by atoms with Crippen molar-refractivity contribution in [1.82, 2.24) is 25.2 Å². The Labute approximate surface area is 201 Å². The first-order valence-corrected chi connectivity index (χ1v) is 12.4. The predicted octanol–water partition coefficient (Wildman–Crippen LogP) is 1.27. The maximum absolute atomic E-state index is 13.0. The van der Waals surface area contributed by atoms with Gasteiger partial charge in [-0.15, -0.1) is 5.10 Å². The van der Waals surface area contributed by atoms with Crippen molar-refractivity contribution in [3.8, 4) is 5.75 Å². The Bertz CT molecular complexity index is 1270. The van der Waals surface area contributed by atoms with Crippen LogP contribution in [0.2, 0.25) is 0 Å². The van der Waals surface area contributed by atoms with Gasteiger partial charge in [-0.3, -0.25) is 19.7 Å². The maximum atomic E-state index is 13.0. The van der Waals surface area contributed by atoms with E-state index in [4.69, 9.17) is 4.74 Å². The number of rotatable bonds is 5. The largest absolute Gasteiger partial charge is 0.487 e. The molecule has 182 valence electrons. The van der Waals surface area contributed by atoms with Crippen LogP contribution in [0.15, 0.2) is 24.4 Å². The van der Waals surface area contributed by atoms with E-state index >= 15 is 0 Å². The molecule has 5 unspecified atom stereocenters. The number of aromatic nitrogens is 3. The van der Waals surface area contributed by atoms with Crippen LogP contribution >= 0.6 is 0 Å². The summed E-state index contributed by atoms with van der Waals surface area (Å²) >= 11 is 0. The number of nitrogens with zero attached hydrogens (tertiary/aromatic N) is 4. The number of hydrogen-bond donors (Lipinski definition) is 2. The van der Waals surface area contributed by atoms with Crippen LogP contribution in [0.3, 0.4) is 0 Å². The van der Waals surface area contributed by atoms with Gasteiger partial charge in [-0.1, -0.05) is 11.3 Å². The molecule has 35 heavy (non-hydrogen) atoms. The number of aliphatic hydroxyl groups is 1. The van der Waals surface area contributed by atoms with Gasteiger partial charge in [0.2, 0.25) is 11.8 Å². The van der Waals surface area contributed by atoms with Gasteiger partial charge in [-0.2, -0.15) is 0 Å². The third kappa shape index (κ3) is 3.08. The van der Waals surface area contributed by atoms with Gasteiger partial charge in [0.15, 0.2) is 0 Å². The average molecular weight is 478 g/mol. The van der Waals surface area contributed by atoms with Crippen molar-refractivity contribution in [2.24, 2.45) is 11.8 Å². The number of carbonyl (C=O) groups excluding carboxylic acids is 3. The minimum absolute atomic E-state index is 0.133. The molecule has 6 aliphatic rings. The number of imide groups is 1. The van der Waals surface area contributed by atoms with E-state index in [0.29, 0.717) is 35.3 Å². The molecule has 0 spiro atoms. The second kappa shape index (κ2) is 7.13. The standard InChI is InChI=1S/C25H27N5O5/c31-21-5-4-19(22(32)26-21)29-11-18-17(23(29)33)2-1-3-20(18)35-12-16-10-30(28-27-16)25-8-14-6-15(25)9-24(34,7-14)13-25/h1-3,10,14-15,19,34H,4-9,11-13H2,(H,26,31,32). The van der Waals surface area contributed by atoms with E-state index in [2.05, 4.69) is 15.6 Å². The Morgan fingerprint density at radius 1 is 1.20 bits per heavy atom. The molecule has 2 N–H and O–H groups in total. The summed E-state index contributed by atoms with van der Waals surface area (Å²) in [6.07, 6.45) is 7.19. The predicted molar refractivity (Wildman–Crippen MR) is 120 cm³/mol. The second-order valence-corrected chi connectivity index (χ2v) is 11.0. The fourth-order valence-electron chi connectivity index (χ4n) is 7.60. The summed E-state index contributed by atoms with van der Waals surface area (Å²) in [5.41, 5.74) is 1.26. The summed E-state index contributed by atoms with van der Waals surface area (Å²) in [5, 5.41) is 22.0. The first-order chi connectivity index (χ1) is 16.8. The van der Waals surface area contributed by atoms with E-state index in [1.54, 1.807) is 12.1 Å². The van der Waals surface area contributed by atoms with Crippen molar-refractivity contribution in [3.63, 3.8) is 0 Å². The summed E-state index contributed by atoms with van der Waals surface area (Å²) in [5.74, 6) is 0.625. The molecule has 1 aromatic carbocycles. The molecular formula is C25H27N5O5. The van der Waals surface area contributed by atoms with E-state index in [1.807, 2.05) is 16.9 Å². The van der Waals surface area contributed by atoms with Gasteiger partial charge in [0.25, 0.3) is 5.91 Å². The van der Waals surface area contributed by atoms with Crippen LogP contribution in [0, 0.1) is 11.8 Å². The Balaban J connectivity index is 1.08. The molecule has 4 bridgehead atoms. The number of amides is 3. The molecule has 2 aromatic rings. The van der Waals surface area contributed by atoms with Crippen molar-refractivity contribution < 1.29 is 24.2 Å². The van der Waals surface area contributed by atoms with E-state index in [-0.39, 0.29) is 36.9 Å². The van der Waals surface area contributed by atoms with E-state index < -0.39 is 17.6 Å². The molecule has 10 heteroatoms. The van der Waals surface area contributed by atoms with E-state index in [1.165, 1.54) is 4.90 Å². The lowest BCUT2D eigenvalue weighted by Gasteiger charge is -2.37. The molecule has 4 aliphatic carbocycles. The fourth-order valence-corrected chi connectivity index (χ4v) is 7.60. The van der Waals surface area contributed by atoms with Crippen molar-refractivity contribution in [3.05, 3.63) is 41.2 Å². The van der Waals surface area contributed by atoms with Gasteiger partial charge in [0.1, 0.15) is 24.1 Å². The summed E-state index contributed by atoms with van der Waals surface area (Å²) in [6.45, 7) is 0.464. The van der Waals surface area contributed by atoms with Gasteiger partial charge >= 0.3 is 0 Å². The smallest absolute Gasteiger partial charge is 0.255 e. The van der Waals surface area contributed by atoms with Crippen molar-refractivity contribution >= 4 is 17.7 Å². The molecule has 3 amide bonds. The molecule has 5 fully saturated rings. The molecule has 10 nitrogen and oxygen atoms in total. The highest BCUT2D eigenvalue weighted by Gasteiger charge is 2.65. The first kappa shape index (κ1) is 21.0. The van der Waals surface area contributed by atoms with Crippen molar-refractivity contribution in [2.45, 2.75) is 75.3 Å². The summed E-state index contributed by atoms with van der Waals surface area (Å²) in [7, 11) is 0. The molecule has 1 aromatic heterocycles. The van der Waals surface area contributed by atoms with Gasteiger partial charge in [0, 0.05) is 24.0 Å². The highest BCUT2D eigenvalue weighted by molar-refractivity contribution is 6.05. The fraction of sp³-hybridized carbons (Fsp3) is 0.560. The number of ether oxygens (including phenoxy) is 1. The molecule has 8 rings (SSSR count). The number of nitrogens with one attached hydrogen (secondary N) is 1. The molecule has 5 atom stereocenters. The lowest BCUT2D eigenvalue weighted by molar-refractivity contribution is -0.136. The summed E-state index contributed by atoms with van der Waals surface area (Å²) in [4.78, 5) is 38.4. The lowest BCUT2D eigenvalue weighted by Crippen LogP contribution is -2.52. The van der Waals surface area contributed by atoms with Gasteiger partial charge < -0.3 is 14.7 Å². The van der Waals surface area contributed by atoms with Crippen LogP contribution in [0.4, 0.5) is 0 Å². The highest BCUT2D eigenvalue weighted by Crippen LogP contribution is 2.65. The highest BCUT2D eigenvalue weighted by atomic mass is 16.5. The Hall–Kier alpha value is -3.27. The minimum Gasteiger partial charge on any atom is -0.487 e. The monoisotopic (exact) mass is 477 g/mol. The lowest BCUT2D eigenvalue weighted by atomic mass is 9.77. The Kier molecular flexibility index (Phi) is 4.29.